The predicted octanol–water partition coefficient (Wildman–Crippen LogP) is 2.54. The van der Waals surface area contributed by atoms with E-state index >= 15 is 0 Å². The molecule has 0 unspecified atom stereocenters. The minimum absolute atomic E-state index is 0.0817. The van der Waals surface area contributed by atoms with E-state index in [-0.39, 0.29) is 4.90 Å². The van der Waals surface area contributed by atoms with E-state index < -0.39 is 15.8 Å². The lowest BCUT2D eigenvalue weighted by Gasteiger charge is -2.20. The van der Waals surface area contributed by atoms with Crippen LogP contribution < -0.4 is 10.0 Å². The molecule has 0 spiro atoms. The van der Waals surface area contributed by atoms with Crippen LogP contribution in [-0.2, 0) is 10.0 Å². The van der Waals surface area contributed by atoms with Crippen LogP contribution in [0.3, 0.4) is 0 Å². The highest BCUT2D eigenvalue weighted by Gasteiger charge is 2.23. The van der Waals surface area contributed by atoms with Crippen molar-refractivity contribution in [3.8, 4) is 0 Å². The number of nitrogens with two attached hydrogens (primary N) is 1. The van der Waals surface area contributed by atoms with E-state index in [1.807, 2.05) is 0 Å². The fourth-order valence-corrected chi connectivity index (χ4v) is 3.27. The van der Waals surface area contributed by atoms with Crippen molar-refractivity contribution < 1.29 is 12.8 Å². The third kappa shape index (κ3) is 2.60. The van der Waals surface area contributed by atoms with Crippen molar-refractivity contribution >= 4 is 21.4 Å². The number of anilines is 2. The molecule has 2 aromatic carbocycles. The summed E-state index contributed by atoms with van der Waals surface area (Å²) < 4.78 is 39.3. The number of sulfonamides is 1. The fraction of sp³-hybridized carbons (Fsp3) is 0.143. The third-order valence-electron chi connectivity index (χ3n) is 3.03. The number of hydrogen-bond acceptors (Lipinski definition) is 3. The van der Waals surface area contributed by atoms with Crippen LogP contribution in [0.4, 0.5) is 15.8 Å². The molecule has 0 radical (unpaired) electrons. The Labute approximate surface area is 117 Å². The molecule has 0 aromatic heterocycles. The molecule has 0 atom stereocenters. The van der Waals surface area contributed by atoms with Gasteiger partial charge >= 0.3 is 0 Å². The lowest BCUT2D eigenvalue weighted by molar-refractivity contribution is 0.592. The Kier molecular flexibility index (Phi) is 3.67. The van der Waals surface area contributed by atoms with E-state index in [4.69, 9.17) is 5.73 Å². The number of halogens is 1. The van der Waals surface area contributed by atoms with Gasteiger partial charge in [-0.2, -0.15) is 0 Å². The smallest absolute Gasteiger partial charge is 0.264 e. The fourth-order valence-electron chi connectivity index (χ4n) is 1.87. The van der Waals surface area contributed by atoms with Crippen LogP contribution in [0.1, 0.15) is 5.56 Å². The molecule has 0 saturated carbocycles. The van der Waals surface area contributed by atoms with E-state index in [9.17, 15) is 12.8 Å². The summed E-state index contributed by atoms with van der Waals surface area (Å²) >= 11 is 0. The Balaban J connectivity index is 2.46. The molecular weight excluding hydrogens is 279 g/mol. The Bertz CT molecular complexity index is 727. The number of hydrogen-bond donors (Lipinski definition) is 1. The first-order valence-electron chi connectivity index (χ1n) is 5.93. The van der Waals surface area contributed by atoms with Crippen molar-refractivity contribution in [1.29, 1.82) is 0 Å². The normalized spacial score (nSPS) is 11.3. The van der Waals surface area contributed by atoms with Gasteiger partial charge in [0.15, 0.2) is 0 Å². The zero-order valence-corrected chi connectivity index (χ0v) is 12.0. The number of nitrogen functional groups attached to an aromatic ring is 1. The van der Waals surface area contributed by atoms with Gasteiger partial charge in [-0.05, 0) is 55.0 Å². The highest BCUT2D eigenvalue weighted by Crippen LogP contribution is 2.25. The molecule has 2 aromatic rings. The monoisotopic (exact) mass is 294 g/mol. The van der Waals surface area contributed by atoms with Crippen LogP contribution >= 0.6 is 0 Å². The van der Waals surface area contributed by atoms with Crippen LogP contribution in [0.2, 0.25) is 0 Å². The van der Waals surface area contributed by atoms with Crippen LogP contribution in [0.15, 0.2) is 47.4 Å². The molecule has 2 rings (SSSR count). The minimum atomic E-state index is -3.73. The van der Waals surface area contributed by atoms with Crippen LogP contribution in [0.5, 0.6) is 0 Å². The Morgan fingerprint density at radius 2 is 1.70 bits per heavy atom. The largest absolute Gasteiger partial charge is 0.399 e. The predicted molar refractivity (Wildman–Crippen MR) is 77.6 cm³/mol. The first-order chi connectivity index (χ1) is 9.32. The van der Waals surface area contributed by atoms with Gasteiger partial charge in [0.25, 0.3) is 10.0 Å². The second-order valence-corrected chi connectivity index (χ2v) is 6.41. The van der Waals surface area contributed by atoms with E-state index in [0.29, 0.717) is 16.9 Å². The molecular formula is C14H15FN2O2S. The summed E-state index contributed by atoms with van der Waals surface area (Å²) in [5, 5.41) is 0. The summed E-state index contributed by atoms with van der Waals surface area (Å²) in [6.45, 7) is 1.56. The Hall–Kier alpha value is -2.08. The summed E-state index contributed by atoms with van der Waals surface area (Å²) in [5.41, 5.74) is 6.99. The molecule has 6 heteroatoms. The van der Waals surface area contributed by atoms with Gasteiger partial charge in [0.05, 0.1) is 10.6 Å². The van der Waals surface area contributed by atoms with Crippen LogP contribution in [0, 0.1) is 12.7 Å². The molecule has 20 heavy (non-hydrogen) atoms. The quantitative estimate of drug-likeness (QED) is 0.885. The van der Waals surface area contributed by atoms with E-state index in [2.05, 4.69) is 0 Å². The zero-order chi connectivity index (χ0) is 14.9. The van der Waals surface area contributed by atoms with Gasteiger partial charge < -0.3 is 5.73 Å². The lowest BCUT2D eigenvalue weighted by atomic mass is 10.2. The molecule has 0 aliphatic rings. The standard InChI is InChI=1S/C14H15FN2O2S/c1-10-9-11(15)3-8-14(10)20(18,19)17(2)13-6-4-12(16)5-7-13/h3-9H,16H2,1-2H3. The number of nitrogens with zero attached hydrogens (tertiary/aromatic N) is 1. The average Bonchev–Trinajstić information content (AvgIpc) is 2.38. The van der Waals surface area contributed by atoms with Crippen molar-refractivity contribution in [2.75, 3.05) is 17.1 Å². The second-order valence-electron chi connectivity index (χ2n) is 4.47. The maximum atomic E-state index is 13.1. The van der Waals surface area contributed by atoms with Crippen molar-refractivity contribution in [2.24, 2.45) is 0 Å². The van der Waals surface area contributed by atoms with Gasteiger partial charge in [0, 0.05) is 12.7 Å². The SMILES string of the molecule is Cc1cc(F)ccc1S(=O)(=O)N(C)c1ccc(N)cc1. The Morgan fingerprint density at radius 3 is 2.25 bits per heavy atom. The molecule has 0 aliphatic carbocycles. The van der Waals surface area contributed by atoms with Gasteiger partial charge in [-0.3, -0.25) is 4.31 Å². The average molecular weight is 294 g/mol. The first-order valence-corrected chi connectivity index (χ1v) is 7.37. The van der Waals surface area contributed by atoms with E-state index in [1.165, 1.54) is 19.2 Å². The first kappa shape index (κ1) is 14.3. The molecule has 0 heterocycles. The van der Waals surface area contributed by atoms with Gasteiger partial charge in [-0.1, -0.05) is 0 Å². The molecule has 0 aliphatic heterocycles. The number of aryl methyl sites for hydroxylation is 1. The topological polar surface area (TPSA) is 63.4 Å². The van der Waals surface area contributed by atoms with Crippen molar-refractivity contribution in [3.63, 3.8) is 0 Å². The molecule has 0 saturated heterocycles. The number of benzene rings is 2. The second kappa shape index (κ2) is 5.13. The van der Waals surface area contributed by atoms with Crippen molar-refractivity contribution in [2.45, 2.75) is 11.8 Å². The molecule has 0 bridgehead atoms. The minimum Gasteiger partial charge on any atom is -0.399 e. The molecule has 106 valence electrons. The maximum absolute atomic E-state index is 13.1. The lowest BCUT2D eigenvalue weighted by Crippen LogP contribution is -2.27. The highest BCUT2D eigenvalue weighted by molar-refractivity contribution is 7.92. The highest BCUT2D eigenvalue weighted by atomic mass is 32.2. The molecule has 0 fully saturated rings. The summed E-state index contributed by atoms with van der Waals surface area (Å²) in [6, 6.07) is 10.1. The molecule has 4 nitrogen and oxygen atoms in total. The Morgan fingerprint density at radius 1 is 1.10 bits per heavy atom. The van der Waals surface area contributed by atoms with E-state index in [0.717, 1.165) is 10.4 Å². The van der Waals surface area contributed by atoms with Gasteiger partial charge in [0.1, 0.15) is 5.82 Å². The third-order valence-corrected chi connectivity index (χ3v) is 4.98. The summed E-state index contributed by atoms with van der Waals surface area (Å²) in [7, 11) is -2.28. The summed E-state index contributed by atoms with van der Waals surface area (Å²) in [5.74, 6) is -0.461. The van der Waals surface area contributed by atoms with Crippen molar-refractivity contribution in [3.05, 3.63) is 53.8 Å². The summed E-state index contributed by atoms with van der Waals surface area (Å²) in [4.78, 5) is 0.0817. The van der Waals surface area contributed by atoms with Crippen LogP contribution in [-0.4, -0.2) is 15.5 Å². The molecule has 0 amide bonds. The zero-order valence-electron chi connectivity index (χ0n) is 11.2. The van der Waals surface area contributed by atoms with Gasteiger partial charge in [0.2, 0.25) is 0 Å². The number of rotatable bonds is 3. The molecule has 2 N–H and O–H groups in total. The van der Waals surface area contributed by atoms with Gasteiger partial charge in [-0.25, -0.2) is 12.8 Å². The van der Waals surface area contributed by atoms with Crippen LogP contribution in [0.25, 0.3) is 0 Å². The van der Waals surface area contributed by atoms with Crippen molar-refractivity contribution in [1.82, 2.24) is 0 Å². The van der Waals surface area contributed by atoms with E-state index in [1.54, 1.807) is 31.2 Å². The van der Waals surface area contributed by atoms with Gasteiger partial charge in [-0.15, -0.1) is 0 Å². The summed E-state index contributed by atoms with van der Waals surface area (Å²) in [6.07, 6.45) is 0. The maximum Gasteiger partial charge on any atom is 0.264 e.